The highest BCUT2D eigenvalue weighted by atomic mass is 16.6. The first-order valence-electron chi connectivity index (χ1n) is 8.98. The molecule has 0 unspecified atom stereocenters. The zero-order valence-electron chi connectivity index (χ0n) is 15.8. The summed E-state index contributed by atoms with van der Waals surface area (Å²) in [4.78, 5) is 22.3. The molecular weight excluding hydrogens is 360 g/mol. The van der Waals surface area contributed by atoms with Crippen LogP contribution in [0.25, 0.3) is 0 Å². The fraction of sp³-hybridized carbons (Fsp3) is 0.316. The minimum atomic E-state index is -0.525. The Balaban J connectivity index is 1.47. The smallest absolute Gasteiger partial charge is 0.358 e. The van der Waals surface area contributed by atoms with E-state index in [0.29, 0.717) is 31.0 Å². The molecule has 1 aromatic carbocycles. The number of carbonyl (C=O) groups is 1. The number of rotatable bonds is 8. The summed E-state index contributed by atoms with van der Waals surface area (Å²) in [5.41, 5.74) is 3.04. The molecule has 0 saturated heterocycles. The van der Waals surface area contributed by atoms with Crippen LogP contribution >= 0.6 is 0 Å². The van der Waals surface area contributed by atoms with Gasteiger partial charge in [0.15, 0.2) is 5.82 Å². The molecule has 0 aliphatic rings. The molecule has 0 fully saturated rings. The van der Waals surface area contributed by atoms with E-state index in [1.165, 1.54) is 11.6 Å². The molecule has 0 spiro atoms. The average Bonchev–Trinajstić information content (AvgIpc) is 3.24. The summed E-state index contributed by atoms with van der Waals surface area (Å²) in [6.45, 7) is 4.86. The molecule has 0 saturated carbocycles. The van der Waals surface area contributed by atoms with Crippen LogP contribution in [-0.4, -0.2) is 30.4 Å². The lowest BCUT2D eigenvalue weighted by Crippen LogP contribution is -2.14. The number of aryl methyl sites for hydroxylation is 3. The lowest BCUT2D eigenvalue weighted by molar-refractivity contribution is -0.389. The predicted molar refractivity (Wildman–Crippen MR) is 104 cm³/mol. The normalized spacial score (nSPS) is 10.8. The number of anilines is 1. The zero-order valence-corrected chi connectivity index (χ0v) is 15.8. The highest BCUT2D eigenvalue weighted by Crippen LogP contribution is 2.12. The Bertz CT molecular complexity index is 974. The van der Waals surface area contributed by atoms with Crippen molar-refractivity contribution in [2.45, 2.75) is 39.8 Å². The number of benzene rings is 1. The molecule has 9 heteroatoms. The van der Waals surface area contributed by atoms with Crippen LogP contribution < -0.4 is 5.32 Å². The molecule has 28 heavy (non-hydrogen) atoms. The van der Waals surface area contributed by atoms with E-state index in [4.69, 9.17) is 0 Å². The van der Waals surface area contributed by atoms with E-state index >= 15 is 0 Å². The molecule has 0 aliphatic carbocycles. The van der Waals surface area contributed by atoms with Gasteiger partial charge >= 0.3 is 5.82 Å². The lowest BCUT2D eigenvalue weighted by Gasteiger charge is -2.04. The van der Waals surface area contributed by atoms with Crippen LogP contribution in [0.2, 0.25) is 0 Å². The first-order chi connectivity index (χ1) is 13.4. The Kier molecular flexibility index (Phi) is 5.83. The Morgan fingerprint density at radius 2 is 1.93 bits per heavy atom. The standard InChI is InChI=1S/C19H22N6O3/c1-14-5-7-16(8-6-14)13-23-11-9-17(21-23)20-19(26)4-3-10-24-15(2)12-18(22-24)25(27)28/h5-9,11-12H,3-4,10,13H2,1-2H3,(H,20,21,26). The van der Waals surface area contributed by atoms with Gasteiger partial charge in [-0.25, -0.2) is 0 Å². The lowest BCUT2D eigenvalue weighted by atomic mass is 10.1. The summed E-state index contributed by atoms with van der Waals surface area (Å²) >= 11 is 0. The van der Waals surface area contributed by atoms with Crippen LogP contribution in [0.5, 0.6) is 0 Å². The predicted octanol–water partition coefficient (Wildman–Crippen LogP) is 3.07. The van der Waals surface area contributed by atoms with Crippen molar-refractivity contribution in [1.82, 2.24) is 19.6 Å². The quantitative estimate of drug-likeness (QED) is 0.476. The molecule has 0 aliphatic heterocycles. The Morgan fingerprint density at radius 1 is 1.18 bits per heavy atom. The topological polar surface area (TPSA) is 108 Å². The van der Waals surface area contributed by atoms with Crippen LogP contribution in [0, 0.1) is 24.0 Å². The number of nitrogens with one attached hydrogen (secondary N) is 1. The first kappa shape index (κ1) is 19.3. The van der Waals surface area contributed by atoms with Gasteiger partial charge in [-0.15, -0.1) is 0 Å². The van der Waals surface area contributed by atoms with Gasteiger partial charge in [-0.2, -0.15) is 9.78 Å². The largest absolute Gasteiger partial charge is 0.390 e. The number of nitro groups is 1. The van der Waals surface area contributed by atoms with Crippen molar-refractivity contribution < 1.29 is 9.72 Å². The fourth-order valence-corrected chi connectivity index (χ4v) is 2.80. The van der Waals surface area contributed by atoms with Crippen molar-refractivity contribution in [2.24, 2.45) is 0 Å². The second kappa shape index (κ2) is 8.47. The number of hydrogen-bond acceptors (Lipinski definition) is 5. The molecule has 9 nitrogen and oxygen atoms in total. The highest BCUT2D eigenvalue weighted by molar-refractivity contribution is 5.89. The van der Waals surface area contributed by atoms with Gasteiger partial charge in [0.25, 0.3) is 0 Å². The molecule has 3 aromatic rings. The van der Waals surface area contributed by atoms with Crippen molar-refractivity contribution in [3.63, 3.8) is 0 Å². The van der Waals surface area contributed by atoms with E-state index in [1.54, 1.807) is 22.4 Å². The van der Waals surface area contributed by atoms with Crippen LogP contribution in [0.4, 0.5) is 11.6 Å². The van der Waals surface area contributed by atoms with E-state index in [9.17, 15) is 14.9 Å². The highest BCUT2D eigenvalue weighted by Gasteiger charge is 2.15. The van der Waals surface area contributed by atoms with Gasteiger partial charge in [0.1, 0.15) is 0 Å². The SMILES string of the molecule is Cc1ccc(Cn2ccc(NC(=O)CCCn3nc([N+](=O)[O-])cc3C)n2)cc1. The molecule has 3 rings (SSSR count). The summed E-state index contributed by atoms with van der Waals surface area (Å²) in [5, 5.41) is 21.8. The van der Waals surface area contributed by atoms with Crippen LogP contribution in [-0.2, 0) is 17.9 Å². The maximum absolute atomic E-state index is 12.1. The van der Waals surface area contributed by atoms with Gasteiger partial charge in [0.2, 0.25) is 5.91 Å². The summed E-state index contributed by atoms with van der Waals surface area (Å²) in [5.74, 6) is 0.170. The molecule has 146 valence electrons. The van der Waals surface area contributed by atoms with Crippen molar-refractivity contribution in [3.05, 3.63) is 69.5 Å². The van der Waals surface area contributed by atoms with E-state index in [-0.39, 0.29) is 18.1 Å². The maximum atomic E-state index is 12.1. The molecule has 1 amide bonds. The number of aromatic nitrogens is 4. The number of carbonyl (C=O) groups excluding carboxylic acids is 1. The van der Waals surface area contributed by atoms with Crippen molar-refractivity contribution in [2.75, 3.05) is 5.32 Å². The summed E-state index contributed by atoms with van der Waals surface area (Å²) < 4.78 is 3.31. The minimum absolute atomic E-state index is 0.153. The van der Waals surface area contributed by atoms with E-state index in [0.717, 1.165) is 5.56 Å². The number of nitrogens with zero attached hydrogens (tertiary/aromatic N) is 5. The van der Waals surface area contributed by atoms with Crippen LogP contribution in [0.3, 0.4) is 0 Å². The van der Waals surface area contributed by atoms with Crippen LogP contribution in [0.15, 0.2) is 42.6 Å². The molecule has 2 aromatic heterocycles. The number of amides is 1. The van der Waals surface area contributed by atoms with Gasteiger partial charge in [0.05, 0.1) is 29.9 Å². The third-order valence-corrected chi connectivity index (χ3v) is 4.30. The van der Waals surface area contributed by atoms with Gasteiger partial charge in [-0.05, 0) is 30.8 Å². The van der Waals surface area contributed by atoms with Gasteiger partial charge in [0, 0.05) is 18.7 Å². The third-order valence-electron chi connectivity index (χ3n) is 4.30. The molecule has 0 bridgehead atoms. The van der Waals surface area contributed by atoms with Crippen molar-refractivity contribution >= 4 is 17.5 Å². The van der Waals surface area contributed by atoms with E-state index < -0.39 is 4.92 Å². The van der Waals surface area contributed by atoms with Crippen molar-refractivity contribution in [3.8, 4) is 0 Å². The summed E-state index contributed by atoms with van der Waals surface area (Å²) in [7, 11) is 0. The molecule has 2 heterocycles. The van der Waals surface area contributed by atoms with Crippen molar-refractivity contribution in [1.29, 1.82) is 0 Å². The van der Waals surface area contributed by atoms with E-state index in [1.807, 2.05) is 13.1 Å². The van der Waals surface area contributed by atoms with Gasteiger partial charge in [-0.3, -0.25) is 9.48 Å². The molecule has 1 N–H and O–H groups in total. The third kappa shape index (κ3) is 5.03. The maximum Gasteiger partial charge on any atom is 0.390 e. The molecule has 0 radical (unpaired) electrons. The molecule has 0 atom stereocenters. The second-order valence-corrected chi connectivity index (χ2v) is 6.66. The van der Waals surface area contributed by atoms with Gasteiger partial charge < -0.3 is 15.4 Å². The Labute approximate surface area is 162 Å². The Morgan fingerprint density at radius 3 is 2.61 bits per heavy atom. The molecular formula is C19H22N6O3. The zero-order chi connectivity index (χ0) is 20.1. The minimum Gasteiger partial charge on any atom is -0.358 e. The summed E-state index contributed by atoms with van der Waals surface area (Å²) in [6, 6.07) is 11.4. The van der Waals surface area contributed by atoms with Crippen LogP contribution in [0.1, 0.15) is 29.7 Å². The average molecular weight is 382 g/mol. The second-order valence-electron chi connectivity index (χ2n) is 6.66. The number of hydrogen-bond donors (Lipinski definition) is 1. The van der Waals surface area contributed by atoms with Gasteiger partial charge in [-0.1, -0.05) is 29.8 Å². The monoisotopic (exact) mass is 382 g/mol. The Hall–Kier alpha value is -3.49. The van der Waals surface area contributed by atoms with E-state index in [2.05, 4.69) is 39.8 Å². The summed E-state index contributed by atoms with van der Waals surface area (Å²) in [6.07, 6.45) is 2.62. The first-order valence-corrected chi connectivity index (χ1v) is 8.98. The fourth-order valence-electron chi connectivity index (χ4n) is 2.80.